The Kier molecular flexibility index (Phi) is 4.23. The standard InChI is InChI=1S/C10H15N3O4S/c1-6(5-18(3,16)17)12-9-8(10(14)15)4-11-7(2)13-9/h4,6H,5H2,1-3H3,(H,14,15)(H,11,12,13). The Morgan fingerprint density at radius 1 is 1.56 bits per heavy atom. The number of hydrogen-bond donors (Lipinski definition) is 2. The number of carboxylic acid groups (broad SMARTS) is 1. The van der Waals surface area contributed by atoms with E-state index in [1.165, 1.54) is 6.20 Å². The number of aromatic carboxylic acids is 1. The van der Waals surface area contributed by atoms with E-state index in [0.29, 0.717) is 5.82 Å². The highest BCUT2D eigenvalue weighted by atomic mass is 32.2. The highest BCUT2D eigenvalue weighted by Gasteiger charge is 2.16. The van der Waals surface area contributed by atoms with Crippen LogP contribution in [-0.2, 0) is 9.84 Å². The fourth-order valence-electron chi connectivity index (χ4n) is 1.47. The van der Waals surface area contributed by atoms with Gasteiger partial charge in [0.15, 0.2) is 0 Å². The molecule has 1 aromatic heterocycles. The van der Waals surface area contributed by atoms with Gasteiger partial charge >= 0.3 is 5.97 Å². The number of aryl methyl sites for hydroxylation is 1. The fourth-order valence-corrected chi connectivity index (χ4v) is 2.46. The van der Waals surface area contributed by atoms with Crippen LogP contribution in [0.1, 0.15) is 23.1 Å². The van der Waals surface area contributed by atoms with Gasteiger partial charge in [-0.25, -0.2) is 23.2 Å². The second-order valence-electron chi connectivity index (χ2n) is 4.12. The molecule has 0 saturated carbocycles. The van der Waals surface area contributed by atoms with E-state index in [0.717, 1.165) is 6.26 Å². The van der Waals surface area contributed by atoms with Gasteiger partial charge < -0.3 is 10.4 Å². The van der Waals surface area contributed by atoms with Crippen LogP contribution in [-0.4, -0.2) is 47.5 Å². The molecule has 0 radical (unpaired) electrons. The lowest BCUT2D eigenvalue weighted by molar-refractivity contribution is 0.0697. The average molecular weight is 273 g/mol. The Hall–Kier alpha value is -1.70. The van der Waals surface area contributed by atoms with Gasteiger partial charge in [0.25, 0.3) is 0 Å². The molecule has 1 rings (SSSR count). The molecule has 1 atom stereocenters. The molecule has 0 saturated heterocycles. The molecule has 0 aliphatic carbocycles. The quantitative estimate of drug-likeness (QED) is 0.795. The third kappa shape index (κ3) is 4.28. The number of aromatic nitrogens is 2. The van der Waals surface area contributed by atoms with Crippen molar-refractivity contribution in [3.63, 3.8) is 0 Å². The maximum atomic E-state index is 11.1. The van der Waals surface area contributed by atoms with Gasteiger partial charge in [0.1, 0.15) is 27.0 Å². The van der Waals surface area contributed by atoms with Gasteiger partial charge in [-0.2, -0.15) is 0 Å². The van der Waals surface area contributed by atoms with Gasteiger partial charge in [-0.1, -0.05) is 0 Å². The SMILES string of the molecule is Cc1ncc(C(=O)O)c(NC(C)CS(C)(=O)=O)n1. The van der Waals surface area contributed by atoms with Crippen LogP contribution in [0, 0.1) is 6.92 Å². The number of carboxylic acids is 1. The van der Waals surface area contributed by atoms with E-state index in [1.54, 1.807) is 13.8 Å². The van der Waals surface area contributed by atoms with Gasteiger partial charge in [-0.05, 0) is 13.8 Å². The number of sulfone groups is 1. The summed E-state index contributed by atoms with van der Waals surface area (Å²) in [6.45, 7) is 3.27. The minimum atomic E-state index is -3.14. The first kappa shape index (κ1) is 14.4. The van der Waals surface area contributed by atoms with Crippen molar-refractivity contribution in [1.82, 2.24) is 9.97 Å². The van der Waals surface area contributed by atoms with Crippen molar-refractivity contribution >= 4 is 21.6 Å². The minimum absolute atomic E-state index is 0.0825. The van der Waals surface area contributed by atoms with Crippen molar-refractivity contribution in [2.75, 3.05) is 17.3 Å². The summed E-state index contributed by atoms with van der Waals surface area (Å²) in [5.74, 6) is -0.723. The molecule has 0 bridgehead atoms. The average Bonchev–Trinajstić information content (AvgIpc) is 2.13. The molecule has 7 nitrogen and oxygen atoms in total. The lowest BCUT2D eigenvalue weighted by Crippen LogP contribution is -2.26. The maximum Gasteiger partial charge on any atom is 0.341 e. The Balaban J connectivity index is 2.96. The van der Waals surface area contributed by atoms with Crippen LogP contribution in [0.5, 0.6) is 0 Å². The van der Waals surface area contributed by atoms with Crippen LogP contribution < -0.4 is 5.32 Å². The van der Waals surface area contributed by atoms with Crippen LogP contribution in [0.2, 0.25) is 0 Å². The Bertz CT molecular complexity index is 556. The zero-order valence-corrected chi connectivity index (χ0v) is 11.2. The number of carbonyl (C=O) groups is 1. The number of nitrogens with one attached hydrogen (secondary N) is 1. The summed E-state index contributed by atoms with van der Waals surface area (Å²) in [6.07, 6.45) is 2.31. The van der Waals surface area contributed by atoms with Crippen molar-refractivity contribution in [3.05, 3.63) is 17.6 Å². The second-order valence-corrected chi connectivity index (χ2v) is 6.31. The molecule has 0 aromatic carbocycles. The monoisotopic (exact) mass is 273 g/mol. The highest BCUT2D eigenvalue weighted by Crippen LogP contribution is 2.13. The van der Waals surface area contributed by atoms with E-state index in [4.69, 9.17) is 5.11 Å². The van der Waals surface area contributed by atoms with Crippen LogP contribution >= 0.6 is 0 Å². The summed E-state index contributed by atoms with van der Waals surface area (Å²) in [7, 11) is -3.14. The third-order valence-electron chi connectivity index (χ3n) is 2.08. The van der Waals surface area contributed by atoms with E-state index in [-0.39, 0.29) is 17.1 Å². The molecule has 0 fully saturated rings. The van der Waals surface area contributed by atoms with Gasteiger partial charge in [0.05, 0.1) is 5.75 Å². The highest BCUT2D eigenvalue weighted by molar-refractivity contribution is 7.90. The topological polar surface area (TPSA) is 109 Å². The second kappa shape index (κ2) is 5.30. The molecule has 1 heterocycles. The number of nitrogens with zero attached hydrogens (tertiary/aromatic N) is 2. The van der Waals surface area contributed by atoms with Crippen LogP contribution in [0.3, 0.4) is 0 Å². The summed E-state index contributed by atoms with van der Waals surface area (Å²) in [4.78, 5) is 18.7. The molecule has 1 unspecified atom stereocenters. The lowest BCUT2D eigenvalue weighted by atomic mass is 10.3. The predicted molar refractivity (Wildman–Crippen MR) is 66.5 cm³/mol. The van der Waals surface area contributed by atoms with Crippen molar-refractivity contribution < 1.29 is 18.3 Å². The molecule has 0 amide bonds. The summed E-state index contributed by atoms with van der Waals surface area (Å²) < 4.78 is 22.3. The number of rotatable bonds is 5. The molecular weight excluding hydrogens is 258 g/mol. The lowest BCUT2D eigenvalue weighted by Gasteiger charge is -2.15. The van der Waals surface area contributed by atoms with Crippen LogP contribution in [0.25, 0.3) is 0 Å². The first-order valence-corrected chi connectivity index (χ1v) is 7.26. The normalized spacial score (nSPS) is 13.1. The van der Waals surface area contributed by atoms with Gasteiger partial charge in [0, 0.05) is 18.5 Å². The third-order valence-corrected chi connectivity index (χ3v) is 3.18. The molecule has 18 heavy (non-hydrogen) atoms. The largest absolute Gasteiger partial charge is 0.477 e. The molecule has 1 aromatic rings. The zero-order chi connectivity index (χ0) is 13.9. The van der Waals surface area contributed by atoms with Crippen LogP contribution in [0.4, 0.5) is 5.82 Å². The summed E-state index contributed by atoms with van der Waals surface area (Å²) >= 11 is 0. The van der Waals surface area contributed by atoms with Crippen molar-refractivity contribution in [2.24, 2.45) is 0 Å². The van der Waals surface area contributed by atoms with E-state index in [9.17, 15) is 13.2 Å². The smallest absolute Gasteiger partial charge is 0.341 e. The first-order valence-electron chi connectivity index (χ1n) is 5.20. The van der Waals surface area contributed by atoms with E-state index in [2.05, 4.69) is 15.3 Å². The van der Waals surface area contributed by atoms with Gasteiger partial charge in [-0.15, -0.1) is 0 Å². The van der Waals surface area contributed by atoms with E-state index < -0.39 is 21.8 Å². The molecule has 8 heteroatoms. The Morgan fingerprint density at radius 2 is 2.17 bits per heavy atom. The van der Waals surface area contributed by atoms with Crippen molar-refractivity contribution in [3.8, 4) is 0 Å². The van der Waals surface area contributed by atoms with Gasteiger partial charge in [-0.3, -0.25) is 0 Å². The zero-order valence-electron chi connectivity index (χ0n) is 10.3. The molecular formula is C10H15N3O4S. The first-order chi connectivity index (χ1) is 8.19. The van der Waals surface area contributed by atoms with Crippen LogP contribution in [0.15, 0.2) is 6.20 Å². The van der Waals surface area contributed by atoms with Gasteiger partial charge in [0.2, 0.25) is 0 Å². The number of hydrogen-bond acceptors (Lipinski definition) is 6. The molecule has 0 spiro atoms. The summed E-state index contributed by atoms with van der Waals surface area (Å²) in [5.41, 5.74) is -0.0825. The minimum Gasteiger partial charge on any atom is -0.477 e. The maximum absolute atomic E-state index is 11.1. The van der Waals surface area contributed by atoms with E-state index in [1.807, 2.05) is 0 Å². The summed E-state index contributed by atoms with van der Waals surface area (Å²) in [5, 5.41) is 11.7. The summed E-state index contributed by atoms with van der Waals surface area (Å²) in [6, 6.07) is -0.438. The molecule has 0 aliphatic heterocycles. The molecule has 2 N–H and O–H groups in total. The predicted octanol–water partition coefficient (Wildman–Crippen LogP) is 0.328. The van der Waals surface area contributed by atoms with E-state index >= 15 is 0 Å². The fraction of sp³-hybridized carbons (Fsp3) is 0.500. The Labute approximate surface area is 105 Å². The molecule has 100 valence electrons. The number of anilines is 1. The van der Waals surface area contributed by atoms with Crippen molar-refractivity contribution in [1.29, 1.82) is 0 Å². The van der Waals surface area contributed by atoms with Crippen molar-refractivity contribution in [2.45, 2.75) is 19.9 Å². The Morgan fingerprint density at radius 3 is 2.67 bits per heavy atom. The molecule has 0 aliphatic rings.